The molecule has 0 saturated carbocycles. The highest BCUT2D eigenvalue weighted by Gasteiger charge is 2.26. The van der Waals surface area contributed by atoms with Crippen LogP contribution in [0.2, 0.25) is 0 Å². The SMILES string of the molecule is CC1CNC(=O)c2[nH]c3ccc(Br)cc3c21. The molecule has 0 bridgehead atoms. The summed E-state index contributed by atoms with van der Waals surface area (Å²) in [5.41, 5.74) is 2.88. The van der Waals surface area contributed by atoms with E-state index in [0.717, 1.165) is 20.9 Å². The van der Waals surface area contributed by atoms with Gasteiger partial charge in [-0.15, -0.1) is 0 Å². The highest BCUT2D eigenvalue weighted by Crippen LogP contribution is 2.32. The van der Waals surface area contributed by atoms with Gasteiger partial charge in [-0.2, -0.15) is 0 Å². The third kappa shape index (κ3) is 1.29. The van der Waals surface area contributed by atoms with E-state index in [1.54, 1.807) is 0 Å². The lowest BCUT2D eigenvalue weighted by molar-refractivity contribution is 0.0937. The minimum Gasteiger partial charge on any atom is -0.350 e. The van der Waals surface area contributed by atoms with Gasteiger partial charge < -0.3 is 10.3 Å². The first-order chi connectivity index (χ1) is 7.66. The quantitative estimate of drug-likeness (QED) is 0.765. The fourth-order valence-electron chi connectivity index (χ4n) is 2.31. The normalized spacial score (nSPS) is 19.6. The zero-order valence-corrected chi connectivity index (χ0v) is 10.4. The van der Waals surface area contributed by atoms with Crippen LogP contribution in [0.25, 0.3) is 10.9 Å². The summed E-state index contributed by atoms with van der Waals surface area (Å²) in [5, 5.41) is 4.03. The Balaban J connectivity index is 2.38. The van der Waals surface area contributed by atoms with E-state index in [0.29, 0.717) is 18.2 Å². The summed E-state index contributed by atoms with van der Waals surface area (Å²) in [4.78, 5) is 14.9. The molecule has 3 nitrogen and oxygen atoms in total. The van der Waals surface area contributed by atoms with Gasteiger partial charge >= 0.3 is 0 Å². The predicted octanol–water partition coefficient (Wildman–Crippen LogP) is 2.78. The molecule has 1 aromatic heterocycles. The molecule has 16 heavy (non-hydrogen) atoms. The van der Waals surface area contributed by atoms with Crippen molar-refractivity contribution >= 4 is 32.7 Å². The number of benzene rings is 1. The van der Waals surface area contributed by atoms with Gasteiger partial charge in [0.25, 0.3) is 5.91 Å². The molecule has 0 aliphatic carbocycles. The molecule has 1 atom stereocenters. The Bertz CT molecular complexity index is 588. The minimum absolute atomic E-state index is 0.000391. The highest BCUT2D eigenvalue weighted by molar-refractivity contribution is 9.10. The first-order valence-electron chi connectivity index (χ1n) is 5.26. The van der Waals surface area contributed by atoms with Crippen molar-refractivity contribution in [1.82, 2.24) is 10.3 Å². The average Bonchev–Trinajstić information content (AvgIpc) is 2.63. The first-order valence-corrected chi connectivity index (χ1v) is 6.05. The zero-order chi connectivity index (χ0) is 11.3. The summed E-state index contributed by atoms with van der Waals surface area (Å²) >= 11 is 3.47. The molecular formula is C12H11BrN2O. The highest BCUT2D eigenvalue weighted by atomic mass is 79.9. The Kier molecular flexibility index (Phi) is 2.07. The number of H-pyrrole nitrogens is 1. The zero-order valence-electron chi connectivity index (χ0n) is 8.80. The van der Waals surface area contributed by atoms with Gasteiger partial charge in [-0.25, -0.2) is 0 Å². The monoisotopic (exact) mass is 278 g/mol. The largest absolute Gasteiger partial charge is 0.350 e. The Hall–Kier alpha value is -1.29. The second-order valence-corrected chi connectivity index (χ2v) is 5.13. The van der Waals surface area contributed by atoms with Crippen LogP contribution in [0.5, 0.6) is 0 Å². The molecule has 2 aromatic rings. The second kappa shape index (κ2) is 3.35. The van der Waals surface area contributed by atoms with E-state index in [2.05, 4.69) is 39.2 Å². The molecule has 1 aliphatic heterocycles. The van der Waals surface area contributed by atoms with Crippen molar-refractivity contribution in [2.24, 2.45) is 0 Å². The van der Waals surface area contributed by atoms with Crippen molar-refractivity contribution in [3.63, 3.8) is 0 Å². The van der Waals surface area contributed by atoms with E-state index < -0.39 is 0 Å². The molecule has 3 rings (SSSR count). The molecule has 82 valence electrons. The van der Waals surface area contributed by atoms with Crippen molar-refractivity contribution in [3.05, 3.63) is 33.9 Å². The molecule has 0 spiro atoms. The maximum atomic E-state index is 11.7. The van der Waals surface area contributed by atoms with Gasteiger partial charge in [0.15, 0.2) is 0 Å². The molecule has 0 saturated heterocycles. The Morgan fingerprint density at radius 1 is 1.44 bits per heavy atom. The predicted molar refractivity (Wildman–Crippen MR) is 66.7 cm³/mol. The van der Waals surface area contributed by atoms with Crippen LogP contribution in [0.1, 0.15) is 28.9 Å². The van der Waals surface area contributed by atoms with Crippen LogP contribution < -0.4 is 5.32 Å². The Labute approximate surface area is 101 Å². The van der Waals surface area contributed by atoms with Crippen molar-refractivity contribution in [2.75, 3.05) is 6.54 Å². The molecule has 0 fully saturated rings. The lowest BCUT2D eigenvalue weighted by atomic mass is 9.94. The summed E-state index contributed by atoms with van der Waals surface area (Å²) in [7, 11) is 0. The van der Waals surface area contributed by atoms with Crippen LogP contribution in [-0.4, -0.2) is 17.4 Å². The fourth-order valence-corrected chi connectivity index (χ4v) is 2.67. The van der Waals surface area contributed by atoms with E-state index in [1.807, 2.05) is 12.1 Å². The number of aromatic amines is 1. The first kappa shape index (κ1) is 9.90. The summed E-state index contributed by atoms with van der Waals surface area (Å²) < 4.78 is 1.04. The maximum Gasteiger partial charge on any atom is 0.268 e. The lowest BCUT2D eigenvalue weighted by Gasteiger charge is -2.19. The van der Waals surface area contributed by atoms with E-state index in [4.69, 9.17) is 0 Å². The molecule has 2 N–H and O–H groups in total. The summed E-state index contributed by atoms with van der Waals surface area (Å²) in [6.07, 6.45) is 0. The molecule has 4 heteroatoms. The third-order valence-electron chi connectivity index (χ3n) is 3.09. The van der Waals surface area contributed by atoms with E-state index in [-0.39, 0.29) is 5.91 Å². The van der Waals surface area contributed by atoms with Crippen LogP contribution >= 0.6 is 15.9 Å². The minimum atomic E-state index is 0.000391. The molecule has 1 aromatic carbocycles. The number of hydrogen-bond donors (Lipinski definition) is 2. The molecular weight excluding hydrogens is 268 g/mol. The van der Waals surface area contributed by atoms with Gasteiger partial charge in [0.05, 0.1) is 0 Å². The number of hydrogen-bond acceptors (Lipinski definition) is 1. The van der Waals surface area contributed by atoms with Crippen molar-refractivity contribution in [1.29, 1.82) is 0 Å². The number of carbonyl (C=O) groups excluding carboxylic acids is 1. The Morgan fingerprint density at radius 3 is 3.06 bits per heavy atom. The number of aromatic nitrogens is 1. The van der Waals surface area contributed by atoms with E-state index in [1.165, 1.54) is 0 Å². The molecule has 2 heterocycles. The summed E-state index contributed by atoms with van der Waals surface area (Å²) in [5.74, 6) is 0.358. The lowest BCUT2D eigenvalue weighted by Crippen LogP contribution is -2.33. The van der Waals surface area contributed by atoms with Gasteiger partial charge in [-0.3, -0.25) is 4.79 Å². The molecule has 1 unspecified atom stereocenters. The van der Waals surface area contributed by atoms with Crippen molar-refractivity contribution in [2.45, 2.75) is 12.8 Å². The fraction of sp³-hybridized carbons (Fsp3) is 0.250. The van der Waals surface area contributed by atoms with E-state index >= 15 is 0 Å². The molecule has 0 radical (unpaired) electrons. The number of halogens is 1. The Morgan fingerprint density at radius 2 is 2.25 bits per heavy atom. The number of carbonyl (C=O) groups is 1. The number of fused-ring (bicyclic) bond motifs is 3. The van der Waals surface area contributed by atoms with Crippen molar-refractivity contribution in [3.8, 4) is 0 Å². The smallest absolute Gasteiger partial charge is 0.268 e. The van der Waals surface area contributed by atoms with Crippen LogP contribution in [0, 0.1) is 0 Å². The number of rotatable bonds is 0. The van der Waals surface area contributed by atoms with Crippen LogP contribution in [-0.2, 0) is 0 Å². The van der Waals surface area contributed by atoms with Gasteiger partial charge in [0, 0.05) is 27.8 Å². The van der Waals surface area contributed by atoms with Crippen LogP contribution in [0.4, 0.5) is 0 Å². The van der Waals surface area contributed by atoms with Crippen LogP contribution in [0.15, 0.2) is 22.7 Å². The summed E-state index contributed by atoms with van der Waals surface area (Å²) in [6, 6.07) is 6.05. The number of nitrogens with one attached hydrogen (secondary N) is 2. The second-order valence-electron chi connectivity index (χ2n) is 4.21. The van der Waals surface area contributed by atoms with Gasteiger partial charge in [0.1, 0.15) is 5.69 Å². The topological polar surface area (TPSA) is 44.9 Å². The molecule has 1 amide bonds. The molecule has 1 aliphatic rings. The van der Waals surface area contributed by atoms with Crippen LogP contribution in [0.3, 0.4) is 0 Å². The van der Waals surface area contributed by atoms with Gasteiger partial charge in [0.2, 0.25) is 0 Å². The summed E-state index contributed by atoms with van der Waals surface area (Å²) in [6.45, 7) is 2.84. The average molecular weight is 279 g/mol. The van der Waals surface area contributed by atoms with Crippen molar-refractivity contribution < 1.29 is 4.79 Å². The van der Waals surface area contributed by atoms with Gasteiger partial charge in [-0.1, -0.05) is 22.9 Å². The van der Waals surface area contributed by atoms with Gasteiger partial charge in [-0.05, 0) is 23.8 Å². The third-order valence-corrected chi connectivity index (χ3v) is 3.58. The maximum absolute atomic E-state index is 11.7. The van der Waals surface area contributed by atoms with E-state index in [9.17, 15) is 4.79 Å². The number of amides is 1. The standard InChI is InChI=1S/C12H11BrN2O/c1-6-5-14-12(16)11-10(6)8-4-7(13)2-3-9(8)15-11/h2-4,6,15H,5H2,1H3,(H,14,16).